The van der Waals surface area contributed by atoms with E-state index in [-0.39, 0.29) is 17.1 Å². The second-order valence-electron chi connectivity index (χ2n) is 6.23. The lowest BCUT2D eigenvalue weighted by molar-refractivity contribution is -0.0506. The Balaban J connectivity index is 1.89. The van der Waals surface area contributed by atoms with Gasteiger partial charge < -0.3 is 35.4 Å². The average molecular weight is 368 g/mol. The number of nitrogens with zero attached hydrogens (tertiary/aromatic N) is 4. The Morgan fingerprint density at radius 3 is 2.62 bits per heavy atom. The van der Waals surface area contributed by atoms with Crippen LogP contribution in [-0.2, 0) is 9.47 Å². The zero-order chi connectivity index (χ0) is 18.4. The lowest BCUT2D eigenvalue weighted by Crippen LogP contribution is -2.39. The Labute approximate surface area is 146 Å². The molecule has 0 spiro atoms. The van der Waals surface area contributed by atoms with Crippen LogP contribution in [0.3, 0.4) is 0 Å². The molecule has 2 saturated heterocycles. The molecule has 0 unspecified atom stereocenters. The Morgan fingerprint density at radius 1 is 1.23 bits per heavy atom. The number of aliphatic hydroxyl groups is 3. The molecule has 0 amide bonds. The summed E-state index contributed by atoms with van der Waals surface area (Å²) >= 11 is 0. The van der Waals surface area contributed by atoms with E-state index in [9.17, 15) is 20.1 Å². The van der Waals surface area contributed by atoms with Crippen molar-refractivity contribution in [2.45, 2.75) is 24.5 Å². The van der Waals surface area contributed by atoms with Gasteiger partial charge in [0.15, 0.2) is 17.4 Å². The van der Waals surface area contributed by atoms with Gasteiger partial charge in [-0.25, -0.2) is 4.98 Å². The highest BCUT2D eigenvalue weighted by atomic mass is 16.6. The molecule has 26 heavy (non-hydrogen) atoms. The number of aromatic amines is 1. The highest BCUT2D eigenvalue weighted by molar-refractivity contribution is 5.75. The molecule has 0 aromatic carbocycles. The molecule has 6 N–H and O–H groups in total. The molecule has 12 heteroatoms. The van der Waals surface area contributed by atoms with Gasteiger partial charge in [0.1, 0.15) is 18.3 Å². The van der Waals surface area contributed by atoms with E-state index >= 15 is 0 Å². The molecule has 0 aliphatic carbocycles. The Hall–Kier alpha value is -2.25. The molecule has 142 valence electrons. The second kappa shape index (κ2) is 6.48. The number of fused-ring (bicyclic) bond motifs is 1. The van der Waals surface area contributed by atoms with Crippen molar-refractivity contribution in [3.8, 4) is 0 Å². The van der Waals surface area contributed by atoms with Gasteiger partial charge >= 0.3 is 0 Å². The maximum absolute atomic E-state index is 12.2. The normalized spacial score (nSPS) is 29.6. The van der Waals surface area contributed by atoms with Crippen LogP contribution in [0.25, 0.3) is 11.2 Å². The highest BCUT2D eigenvalue weighted by Gasteiger charge is 2.45. The average Bonchev–Trinajstić information content (AvgIpc) is 3.14. The first-order valence-corrected chi connectivity index (χ1v) is 8.24. The van der Waals surface area contributed by atoms with Crippen LogP contribution in [0.2, 0.25) is 0 Å². The van der Waals surface area contributed by atoms with Gasteiger partial charge in [0, 0.05) is 13.1 Å². The number of rotatable bonds is 3. The smallest absolute Gasteiger partial charge is 0.280 e. The molecule has 4 rings (SSSR count). The summed E-state index contributed by atoms with van der Waals surface area (Å²) in [6.07, 6.45) is -4.69. The van der Waals surface area contributed by atoms with E-state index in [0.29, 0.717) is 32.3 Å². The van der Waals surface area contributed by atoms with Gasteiger partial charge in [0.2, 0.25) is 11.9 Å². The van der Waals surface area contributed by atoms with E-state index in [0.717, 1.165) is 0 Å². The molecule has 2 fully saturated rings. The first kappa shape index (κ1) is 17.2. The molecular formula is C14H20N6O6. The van der Waals surface area contributed by atoms with Gasteiger partial charge in [-0.1, -0.05) is 0 Å². The molecule has 0 bridgehead atoms. The maximum atomic E-state index is 12.2. The number of aliphatic hydroxyl groups excluding tert-OH is 3. The minimum Gasteiger partial charge on any atom is -0.394 e. The summed E-state index contributed by atoms with van der Waals surface area (Å²) in [7, 11) is 0. The third kappa shape index (κ3) is 2.62. The molecule has 4 heterocycles. The van der Waals surface area contributed by atoms with Gasteiger partial charge in [-0.2, -0.15) is 4.98 Å². The number of hydrogen-bond donors (Lipinski definition) is 5. The van der Waals surface area contributed by atoms with E-state index in [1.807, 2.05) is 4.90 Å². The first-order valence-electron chi connectivity index (χ1n) is 8.24. The lowest BCUT2D eigenvalue weighted by atomic mass is 10.1. The number of aromatic nitrogens is 4. The van der Waals surface area contributed by atoms with Crippen LogP contribution >= 0.6 is 0 Å². The predicted octanol–water partition coefficient (Wildman–Crippen LogP) is -2.85. The van der Waals surface area contributed by atoms with Gasteiger partial charge in [0.25, 0.3) is 5.56 Å². The van der Waals surface area contributed by atoms with Crippen LogP contribution < -0.4 is 16.2 Å². The van der Waals surface area contributed by atoms with Crippen LogP contribution in [0.15, 0.2) is 4.79 Å². The first-order chi connectivity index (χ1) is 12.5. The standard InChI is InChI=1S/C14H20N6O6/c15-13-17-10-7(11(24)18-13)16-14(19-1-3-25-4-2-19)20(10)12-9(23)8(22)6(5-21)26-12/h6,8-9,12,21-23H,1-5H2,(H3,15,17,18,24)/t6-,8+,9+,12+/m0/s1. The van der Waals surface area contributed by atoms with Gasteiger partial charge in [-0.15, -0.1) is 0 Å². The Morgan fingerprint density at radius 2 is 1.96 bits per heavy atom. The fourth-order valence-electron chi connectivity index (χ4n) is 3.30. The monoisotopic (exact) mass is 368 g/mol. The van der Waals surface area contributed by atoms with Gasteiger partial charge in [0.05, 0.1) is 19.8 Å². The molecule has 2 aromatic heterocycles. The van der Waals surface area contributed by atoms with Crippen molar-refractivity contribution in [2.75, 3.05) is 43.5 Å². The van der Waals surface area contributed by atoms with Crippen molar-refractivity contribution in [1.82, 2.24) is 19.5 Å². The van der Waals surface area contributed by atoms with Crippen molar-refractivity contribution < 1.29 is 24.8 Å². The van der Waals surface area contributed by atoms with Crippen molar-refractivity contribution >= 4 is 23.1 Å². The summed E-state index contributed by atoms with van der Waals surface area (Å²) in [6.45, 7) is 1.53. The molecular weight excluding hydrogens is 348 g/mol. The molecule has 0 radical (unpaired) electrons. The quantitative estimate of drug-likeness (QED) is 0.379. The summed E-state index contributed by atoms with van der Waals surface area (Å²) in [5.74, 6) is 0.241. The van der Waals surface area contributed by atoms with E-state index in [1.165, 1.54) is 4.57 Å². The number of nitrogens with two attached hydrogens (primary N) is 1. The van der Waals surface area contributed by atoms with Crippen molar-refractivity contribution in [3.63, 3.8) is 0 Å². The minimum absolute atomic E-state index is 0.0402. The van der Waals surface area contributed by atoms with Crippen LogP contribution in [-0.4, -0.2) is 86.1 Å². The number of anilines is 2. The summed E-state index contributed by atoms with van der Waals surface area (Å²) in [6, 6.07) is 0. The van der Waals surface area contributed by atoms with Crippen molar-refractivity contribution in [3.05, 3.63) is 10.4 Å². The van der Waals surface area contributed by atoms with E-state index in [2.05, 4.69) is 15.0 Å². The second-order valence-corrected chi connectivity index (χ2v) is 6.23. The van der Waals surface area contributed by atoms with Crippen LogP contribution in [0, 0.1) is 0 Å². The zero-order valence-electron chi connectivity index (χ0n) is 13.8. The fourth-order valence-corrected chi connectivity index (χ4v) is 3.30. The maximum Gasteiger partial charge on any atom is 0.280 e. The van der Waals surface area contributed by atoms with Gasteiger partial charge in [-0.3, -0.25) is 14.3 Å². The number of morpholine rings is 1. The van der Waals surface area contributed by atoms with Crippen molar-refractivity contribution in [2.24, 2.45) is 0 Å². The fraction of sp³-hybridized carbons (Fsp3) is 0.643. The number of H-pyrrole nitrogens is 1. The summed E-state index contributed by atoms with van der Waals surface area (Å²) < 4.78 is 12.4. The molecule has 12 nitrogen and oxygen atoms in total. The number of imidazole rings is 1. The molecule has 0 saturated carbocycles. The Kier molecular flexibility index (Phi) is 4.28. The minimum atomic E-state index is -1.34. The number of nitrogens with one attached hydrogen (secondary N) is 1. The Bertz CT molecular complexity index is 861. The van der Waals surface area contributed by atoms with Crippen LogP contribution in [0.5, 0.6) is 0 Å². The number of ether oxygens (including phenoxy) is 2. The largest absolute Gasteiger partial charge is 0.394 e. The van der Waals surface area contributed by atoms with E-state index < -0.39 is 36.7 Å². The predicted molar refractivity (Wildman–Crippen MR) is 88.6 cm³/mol. The summed E-state index contributed by atoms with van der Waals surface area (Å²) in [5.41, 5.74) is 5.31. The van der Waals surface area contributed by atoms with E-state index in [4.69, 9.17) is 15.2 Å². The number of nitrogen functional groups attached to an aromatic ring is 1. The molecule has 2 aliphatic rings. The van der Waals surface area contributed by atoms with Crippen LogP contribution in [0.1, 0.15) is 6.23 Å². The molecule has 2 aromatic rings. The SMILES string of the molecule is Nc1nc2c(nc(N3CCOCC3)n2[C@@H]2O[C@@H](CO)[C@@H](O)[C@H]2O)c(=O)[nH]1. The topological polar surface area (TPSA) is 172 Å². The molecule has 2 aliphatic heterocycles. The lowest BCUT2D eigenvalue weighted by Gasteiger charge is -2.30. The van der Waals surface area contributed by atoms with Gasteiger partial charge in [-0.05, 0) is 0 Å². The summed E-state index contributed by atoms with van der Waals surface area (Å²) in [5, 5.41) is 29.9. The number of hydrogen-bond acceptors (Lipinski definition) is 10. The summed E-state index contributed by atoms with van der Waals surface area (Å²) in [4.78, 5) is 25.0. The van der Waals surface area contributed by atoms with E-state index in [1.54, 1.807) is 0 Å². The third-order valence-electron chi connectivity index (χ3n) is 4.62. The highest BCUT2D eigenvalue weighted by Crippen LogP contribution is 2.35. The zero-order valence-corrected chi connectivity index (χ0v) is 13.8. The van der Waals surface area contributed by atoms with Crippen LogP contribution in [0.4, 0.5) is 11.9 Å². The van der Waals surface area contributed by atoms with Crippen molar-refractivity contribution in [1.29, 1.82) is 0 Å². The molecule has 4 atom stereocenters. The third-order valence-corrected chi connectivity index (χ3v) is 4.62.